The van der Waals surface area contributed by atoms with Gasteiger partial charge < -0.3 is 15.4 Å². The molecule has 1 saturated heterocycles. The van der Waals surface area contributed by atoms with Crippen LogP contribution < -0.4 is 10.6 Å². The van der Waals surface area contributed by atoms with E-state index in [1.165, 1.54) is 20.0 Å². The molecule has 122 valence electrons. The van der Waals surface area contributed by atoms with Crippen LogP contribution in [0.5, 0.6) is 0 Å². The van der Waals surface area contributed by atoms with Gasteiger partial charge in [-0.25, -0.2) is 0 Å². The second-order valence-corrected chi connectivity index (χ2v) is 5.85. The van der Waals surface area contributed by atoms with E-state index in [9.17, 15) is 9.59 Å². The van der Waals surface area contributed by atoms with Crippen molar-refractivity contribution in [1.82, 2.24) is 15.5 Å². The lowest BCUT2D eigenvalue weighted by Crippen LogP contribution is -2.46. The Morgan fingerprint density at radius 2 is 2.19 bits per heavy atom. The smallest absolute Gasteiger partial charge is 0.305 e. The molecule has 1 unspecified atom stereocenters. The number of hydrogen-bond donors (Lipinski definition) is 2. The summed E-state index contributed by atoms with van der Waals surface area (Å²) in [4.78, 5) is 25.1. The van der Waals surface area contributed by atoms with E-state index in [1.54, 1.807) is 0 Å². The molecule has 0 spiro atoms. The predicted molar refractivity (Wildman–Crippen MR) is 82.0 cm³/mol. The summed E-state index contributed by atoms with van der Waals surface area (Å²) >= 11 is 0. The maximum atomic E-state index is 12.0. The normalized spacial score (nSPS) is 18.2. The third kappa shape index (κ3) is 7.43. The van der Waals surface area contributed by atoms with Gasteiger partial charge in [0, 0.05) is 31.6 Å². The Morgan fingerprint density at radius 1 is 1.43 bits per heavy atom. The van der Waals surface area contributed by atoms with Crippen LogP contribution in [0.3, 0.4) is 0 Å². The molecule has 0 aliphatic carbocycles. The van der Waals surface area contributed by atoms with E-state index in [-0.39, 0.29) is 11.9 Å². The van der Waals surface area contributed by atoms with Crippen molar-refractivity contribution in [2.24, 2.45) is 0 Å². The van der Waals surface area contributed by atoms with Gasteiger partial charge in [-0.15, -0.1) is 0 Å². The molecular formula is C15H29N3O3. The van der Waals surface area contributed by atoms with E-state index >= 15 is 0 Å². The molecule has 2 N–H and O–H groups in total. The number of amides is 1. The number of ether oxygens (including phenoxy) is 1. The molecule has 1 amide bonds. The van der Waals surface area contributed by atoms with Crippen LogP contribution in [-0.4, -0.2) is 62.1 Å². The van der Waals surface area contributed by atoms with Gasteiger partial charge in [-0.1, -0.05) is 0 Å². The average Bonchev–Trinajstić information content (AvgIpc) is 2.95. The average molecular weight is 299 g/mol. The largest absolute Gasteiger partial charge is 0.469 e. The van der Waals surface area contributed by atoms with Crippen molar-refractivity contribution in [1.29, 1.82) is 0 Å². The topological polar surface area (TPSA) is 70.7 Å². The molecule has 1 atom stereocenters. The highest BCUT2D eigenvalue weighted by molar-refractivity contribution is 5.78. The molecule has 1 fully saturated rings. The van der Waals surface area contributed by atoms with Crippen LogP contribution in [0.4, 0.5) is 0 Å². The zero-order chi connectivity index (χ0) is 15.7. The van der Waals surface area contributed by atoms with Gasteiger partial charge in [-0.3, -0.25) is 14.5 Å². The number of nitrogens with zero attached hydrogens (tertiary/aromatic N) is 1. The van der Waals surface area contributed by atoms with Crippen molar-refractivity contribution in [3.8, 4) is 0 Å². The third-order valence-electron chi connectivity index (χ3n) is 3.80. The van der Waals surface area contributed by atoms with Gasteiger partial charge in [0.15, 0.2) is 0 Å². The Hall–Kier alpha value is -1.14. The van der Waals surface area contributed by atoms with Crippen LogP contribution in [0.2, 0.25) is 0 Å². The van der Waals surface area contributed by atoms with E-state index in [0.717, 1.165) is 13.1 Å². The van der Waals surface area contributed by atoms with Crippen molar-refractivity contribution in [3.63, 3.8) is 0 Å². The summed E-state index contributed by atoms with van der Waals surface area (Å²) in [5, 5.41) is 6.33. The fraction of sp³-hybridized carbons (Fsp3) is 0.867. The minimum absolute atomic E-state index is 0.0200. The first-order valence-electron chi connectivity index (χ1n) is 7.84. The van der Waals surface area contributed by atoms with Crippen LogP contribution in [-0.2, 0) is 14.3 Å². The van der Waals surface area contributed by atoms with E-state index in [4.69, 9.17) is 0 Å². The summed E-state index contributed by atoms with van der Waals surface area (Å²) < 4.78 is 4.56. The standard InChI is InChI=1S/C15H29N3O3/c1-12(2)18(10-13-6-4-8-16-13)11-14(19)17-9-5-7-15(20)21-3/h12-13,16H,4-11H2,1-3H3,(H,17,19). The Bertz CT molecular complexity index is 328. The molecular weight excluding hydrogens is 270 g/mol. The lowest BCUT2D eigenvalue weighted by atomic mass is 10.2. The summed E-state index contributed by atoms with van der Waals surface area (Å²) in [6.45, 7) is 7.14. The Kier molecular flexibility index (Phi) is 8.30. The van der Waals surface area contributed by atoms with Gasteiger partial charge in [0.1, 0.15) is 0 Å². The number of hydrogen-bond acceptors (Lipinski definition) is 5. The molecule has 0 aromatic rings. The molecule has 0 aromatic heterocycles. The minimum Gasteiger partial charge on any atom is -0.469 e. The quantitative estimate of drug-likeness (QED) is 0.480. The SMILES string of the molecule is COC(=O)CCCNC(=O)CN(CC1CCCN1)C(C)C. The maximum absolute atomic E-state index is 12.0. The molecule has 6 heteroatoms. The Morgan fingerprint density at radius 3 is 2.76 bits per heavy atom. The zero-order valence-corrected chi connectivity index (χ0v) is 13.5. The third-order valence-corrected chi connectivity index (χ3v) is 3.80. The number of carbonyl (C=O) groups excluding carboxylic acids is 2. The summed E-state index contributed by atoms with van der Waals surface area (Å²) in [7, 11) is 1.37. The number of nitrogens with one attached hydrogen (secondary N) is 2. The van der Waals surface area contributed by atoms with E-state index < -0.39 is 0 Å². The van der Waals surface area contributed by atoms with Crippen molar-refractivity contribution < 1.29 is 14.3 Å². The van der Waals surface area contributed by atoms with Crippen LogP contribution in [0.15, 0.2) is 0 Å². The van der Waals surface area contributed by atoms with Crippen LogP contribution in [0, 0.1) is 0 Å². The van der Waals surface area contributed by atoms with Gasteiger partial charge in [-0.05, 0) is 39.7 Å². The van der Waals surface area contributed by atoms with Crippen molar-refractivity contribution >= 4 is 11.9 Å². The zero-order valence-electron chi connectivity index (χ0n) is 13.5. The molecule has 0 radical (unpaired) electrons. The van der Waals surface area contributed by atoms with Gasteiger partial charge in [0.25, 0.3) is 0 Å². The first-order chi connectivity index (χ1) is 10.0. The Balaban J connectivity index is 2.23. The maximum Gasteiger partial charge on any atom is 0.305 e. The molecule has 1 aliphatic rings. The second-order valence-electron chi connectivity index (χ2n) is 5.85. The first kappa shape index (κ1) is 17.9. The number of rotatable bonds is 9. The minimum atomic E-state index is -0.236. The van der Waals surface area contributed by atoms with Gasteiger partial charge in [0.05, 0.1) is 13.7 Å². The van der Waals surface area contributed by atoms with Gasteiger partial charge in [-0.2, -0.15) is 0 Å². The monoisotopic (exact) mass is 299 g/mol. The lowest BCUT2D eigenvalue weighted by Gasteiger charge is -2.28. The molecule has 0 saturated carbocycles. The fourth-order valence-electron chi connectivity index (χ4n) is 2.46. The van der Waals surface area contributed by atoms with Crippen molar-refractivity contribution in [2.45, 2.75) is 51.6 Å². The molecule has 6 nitrogen and oxygen atoms in total. The predicted octanol–water partition coefficient (Wildman–Crippen LogP) is 0.518. The first-order valence-corrected chi connectivity index (χ1v) is 7.84. The molecule has 21 heavy (non-hydrogen) atoms. The van der Waals surface area contributed by atoms with Crippen molar-refractivity contribution in [3.05, 3.63) is 0 Å². The highest BCUT2D eigenvalue weighted by Crippen LogP contribution is 2.09. The fourth-order valence-corrected chi connectivity index (χ4v) is 2.46. The van der Waals surface area contributed by atoms with Gasteiger partial charge >= 0.3 is 5.97 Å². The number of methoxy groups -OCH3 is 1. The van der Waals surface area contributed by atoms with E-state index in [2.05, 4.69) is 34.1 Å². The van der Waals surface area contributed by atoms with Crippen LogP contribution in [0.1, 0.15) is 39.5 Å². The van der Waals surface area contributed by atoms with E-state index in [1.807, 2.05) is 0 Å². The van der Waals surface area contributed by atoms with Crippen LogP contribution >= 0.6 is 0 Å². The highest BCUT2D eigenvalue weighted by Gasteiger charge is 2.21. The molecule has 0 aromatic carbocycles. The van der Waals surface area contributed by atoms with Crippen molar-refractivity contribution in [2.75, 3.05) is 33.3 Å². The highest BCUT2D eigenvalue weighted by atomic mass is 16.5. The molecule has 0 bridgehead atoms. The summed E-state index contributed by atoms with van der Waals surface area (Å²) in [6.07, 6.45) is 3.36. The molecule has 1 heterocycles. The van der Waals surface area contributed by atoms with E-state index in [0.29, 0.717) is 38.0 Å². The summed E-state index contributed by atoms with van der Waals surface area (Å²) in [5.41, 5.74) is 0. The second kappa shape index (κ2) is 9.73. The van der Waals surface area contributed by atoms with Gasteiger partial charge in [0.2, 0.25) is 5.91 Å². The Labute approximate surface area is 127 Å². The molecule has 1 rings (SSSR count). The lowest BCUT2D eigenvalue weighted by molar-refractivity contribution is -0.140. The number of carbonyl (C=O) groups is 2. The summed E-state index contributed by atoms with van der Waals surface area (Å²) in [6, 6.07) is 0.841. The summed E-state index contributed by atoms with van der Waals surface area (Å²) in [5.74, 6) is -0.216. The molecule has 1 aliphatic heterocycles. The number of esters is 1. The van der Waals surface area contributed by atoms with Crippen LogP contribution in [0.25, 0.3) is 0 Å².